The van der Waals surface area contributed by atoms with Gasteiger partial charge in [-0.15, -0.1) is 0 Å². The van der Waals surface area contributed by atoms with E-state index >= 15 is 0 Å². The predicted octanol–water partition coefficient (Wildman–Crippen LogP) is 0.212. The molecule has 0 spiro atoms. The van der Waals surface area contributed by atoms with Crippen molar-refractivity contribution in [2.75, 3.05) is 19.8 Å². The Kier molecular flexibility index (Phi) is 4.01. The van der Waals surface area contributed by atoms with Gasteiger partial charge in [-0.3, -0.25) is 4.79 Å². The Labute approximate surface area is 101 Å². The quantitative estimate of drug-likeness (QED) is 0.741. The van der Waals surface area contributed by atoms with Crippen LogP contribution >= 0.6 is 0 Å². The van der Waals surface area contributed by atoms with Gasteiger partial charge in [0.2, 0.25) is 5.91 Å². The van der Waals surface area contributed by atoms with E-state index in [1.54, 1.807) is 0 Å². The van der Waals surface area contributed by atoms with Crippen molar-refractivity contribution >= 4 is 5.91 Å². The summed E-state index contributed by atoms with van der Waals surface area (Å²) in [6, 6.07) is 0. The summed E-state index contributed by atoms with van der Waals surface area (Å²) >= 11 is 0. The first-order valence-electron chi connectivity index (χ1n) is 6.32. The molecular weight excluding hydrogens is 222 g/mol. The van der Waals surface area contributed by atoms with Gasteiger partial charge in [-0.2, -0.15) is 0 Å². The molecule has 2 fully saturated rings. The van der Waals surface area contributed by atoms with E-state index in [4.69, 9.17) is 9.47 Å². The third-order valence-corrected chi connectivity index (χ3v) is 3.69. The van der Waals surface area contributed by atoms with Gasteiger partial charge in [-0.25, -0.2) is 0 Å². The normalized spacial score (nSPS) is 37.3. The van der Waals surface area contributed by atoms with Gasteiger partial charge < -0.3 is 19.9 Å². The fourth-order valence-corrected chi connectivity index (χ4v) is 2.34. The molecule has 0 aromatic heterocycles. The lowest BCUT2D eigenvalue weighted by Gasteiger charge is -2.26. The molecule has 2 N–H and O–H groups in total. The minimum atomic E-state index is -0.911. The van der Waals surface area contributed by atoms with Crippen molar-refractivity contribution < 1.29 is 19.4 Å². The second kappa shape index (κ2) is 5.33. The molecule has 2 heterocycles. The number of carbonyl (C=O) groups is 1. The average Bonchev–Trinajstić information content (AvgIpc) is 2.89. The SMILES string of the molecule is CC1OCCC1(O)CNC(=O)CC1CCCO1. The summed E-state index contributed by atoms with van der Waals surface area (Å²) in [6.45, 7) is 3.41. The van der Waals surface area contributed by atoms with Gasteiger partial charge in [0, 0.05) is 26.2 Å². The zero-order valence-corrected chi connectivity index (χ0v) is 10.3. The molecule has 2 aliphatic rings. The van der Waals surface area contributed by atoms with E-state index in [-0.39, 0.29) is 24.7 Å². The molecule has 5 heteroatoms. The van der Waals surface area contributed by atoms with E-state index in [9.17, 15) is 9.90 Å². The molecule has 1 amide bonds. The summed E-state index contributed by atoms with van der Waals surface area (Å²) < 4.78 is 10.7. The van der Waals surface area contributed by atoms with Crippen molar-refractivity contribution in [3.63, 3.8) is 0 Å². The lowest BCUT2D eigenvalue weighted by Crippen LogP contribution is -2.47. The summed E-state index contributed by atoms with van der Waals surface area (Å²) in [4.78, 5) is 11.7. The van der Waals surface area contributed by atoms with Crippen LogP contribution in [0.5, 0.6) is 0 Å². The monoisotopic (exact) mass is 243 g/mol. The lowest BCUT2D eigenvalue weighted by atomic mass is 9.96. The van der Waals surface area contributed by atoms with E-state index in [1.807, 2.05) is 6.92 Å². The van der Waals surface area contributed by atoms with Crippen LogP contribution in [-0.4, -0.2) is 48.6 Å². The number of aliphatic hydroxyl groups is 1. The third kappa shape index (κ3) is 3.18. The van der Waals surface area contributed by atoms with E-state index in [1.165, 1.54) is 0 Å². The van der Waals surface area contributed by atoms with Crippen LogP contribution in [0.4, 0.5) is 0 Å². The number of rotatable bonds is 4. The van der Waals surface area contributed by atoms with Crippen LogP contribution in [0.3, 0.4) is 0 Å². The molecule has 0 aliphatic carbocycles. The zero-order chi connectivity index (χ0) is 12.3. The van der Waals surface area contributed by atoms with Crippen molar-refractivity contribution in [1.82, 2.24) is 5.32 Å². The van der Waals surface area contributed by atoms with E-state index in [2.05, 4.69) is 5.32 Å². The Balaban J connectivity index is 1.71. The summed E-state index contributed by atoms with van der Waals surface area (Å²) in [7, 11) is 0. The second-order valence-electron chi connectivity index (χ2n) is 4.98. The van der Waals surface area contributed by atoms with Crippen molar-refractivity contribution in [3.05, 3.63) is 0 Å². The molecule has 3 atom stereocenters. The van der Waals surface area contributed by atoms with Gasteiger partial charge >= 0.3 is 0 Å². The Hall–Kier alpha value is -0.650. The third-order valence-electron chi connectivity index (χ3n) is 3.69. The van der Waals surface area contributed by atoms with Gasteiger partial charge in [-0.1, -0.05) is 0 Å². The van der Waals surface area contributed by atoms with Crippen LogP contribution < -0.4 is 5.32 Å². The Bertz CT molecular complexity index is 278. The molecule has 0 bridgehead atoms. The molecule has 0 aromatic carbocycles. The van der Waals surface area contributed by atoms with Crippen LogP contribution in [0, 0.1) is 0 Å². The summed E-state index contributed by atoms with van der Waals surface area (Å²) in [5.41, 5.74) is -0.911. The van der Waals surface area contributed by atoms with Crippen LogP contribution in [0.2, 0.25) is 0 Å². The molecule has 0 aromatic rings. The largest absolute Gasteiger partial charge is 0.385 e. The minimum absolute atomic E-state index is 0.0515. The van der Waals surface area contributed by atoms with E-state index < -0.39 is 5.60 Å². The number of carbonyl (C=O) groups excluding carboxylic acids is 1. The summed E-state index contributed by atoms with van der Waals surface area (Å²) in [5, 5.41) is 13.0. The molecule has 2 saturated heterocycles. The topological polar surface area (TPSA) is 67.8 Å². The molecule has 2 rings (SSSR count). The van der Waals surface area contributed by atoms with Crippen molar-refractivity contribution in [1.29, 1.82) is 0 Å². The average molecular weight is 243 g/mol. The molecule has 98 valence electrons. The molecule has 3 unspecified atom stereocenters. The first-order chi connectivity index (χ1) is 8.10. The van der Waals surface area contributed by atoms with Gasteiger partial charge in [0.1, 0.15) is 5.60 Å². The van der Waals surface area contributed by atoms with E-state index in [0.717, 1.165) is 19.4 Å². The van der Waals surface area contributed by atoms with Crippen LogP contribution in [0.1, 0.15) is 32.6 Å². The molecule has 2 aliphatic heterocycles. The predicted molar refractivity (Wildman–Crippen MR) is 61.6 cm³/mol. The molecule has 17 heavy (non-hydrogen) atoms. The minimum Gasteiger partial charge on any atom is -0.385 e. The molecular formula is C12H21NO4. The second-order valence-corrected chi connectivity index (χ2v) is 4.98. The maximum atomic E-state index is 11.7. The zero-order valence-electron chi connectivity index (χ0n) is 10.3. The van der Waals surface area contributed by atoms with E-state index in [0.29, 0.717) is 19.4 Å². The highest BCUT2D eigenvalue weighted by atomic mass is 16.5. The first kappa shape index (κ1) is 12.8. The van der Waals surface area contributed by atoms with Gasteiger partial charge in [0.05, 0.1) is 18.6 Å². The maximum Gasteiger partial charge on any atom is 0.222 e. The maximum absolute atomic E-state index is 11.7. The highest BCUT2D eigenvalue weighted by Gasteiger charge is 2.39. The highest BCUT2D eigenvalue weighted by molar-refractivity contribution is 5.76. The number of hydrogen-bond donors (Lipinski definition) is 2. The standard InChI is InChI=1S/C12H21NO4/c1-9-12(15,4-6-16-9)8-13-11(14)7-10-3-2-5-17-10/h9-10,15H,2-8H2,1H3,(H,13,14). The highest BCUT2D eigenvalue weighted by Crippen LogP contribution is 2.24. The number of amides is 1. The summed E-state index contributed by atoms with van der Waals surface area (Å²) in [6.07, 6.45) is 2.80. The lowest BCUT2D eigenvalue weighted by molar-refractivity contribution is -0.125. The van der Waals surface area contributed by atoms with Gasteiger partial charge in [0.15, 0.2) is 0 Å². The van der Waals surface area contributed by atoms with Gasteiger partial charge in [0.25, 0.3) is 0 Å². The Morgan fingerprint density at radius 2 is 2.29 bits per heavy atom. The number of nitrogens with one attached hydrogen (secondary N) is 1. The Morgan fingerprint density at radius 1 is 1.47 bits per heavy atom. The fourth-order valence-electron chi connectivity index (χ4n) is 2.34. The van der Waals surface area contributed by atoms with Crippen molar-refractivity contribution in [3.8, 4) is 0 Å². The Morgan fingerprint density at radius 3 is 2.88 bits per heavy atom. The van der Waals surface area contributed by atoms with Crippen LogP contribution in [0.15, 0.2) is 0 Å². The molecule has 0 radical (unpaired) electrons. The first-order valence-corrected chi connectivity index (χ1v) is 6.32. The van der Waals surface area contributed by atoms with Crippen molar-refractivity contribution in [2.24, 2.45) is 0 Å². The molecule has 5 nitrogen and oxygen atoms in total. The van der Waals surface area contributed by atoms with Crippen LogP contribution in [-0.2, 0) is 14.3 Å². The van der Waals surface area contributed by atoms with Gasteiger partial charge in [-0.05, 0) is 19.8 Å². The van der Waals surface area contributed by atoms with Crippen molar-refractivity contribution in [2.45, 2.75) is 50.4 Å². The molecule has 0 saturated carbocycles. The van der Waals surface area contributed by atoms with Crippen LogP contribution in [0.25, 0.3) is 0 Å². The summed E-state index contributed by atoms with van der Waals surface area (Å²) in [5.74, 6) is -0.0515. The number of ether oxygens (including phenoxy) is 2. The fraction of sp³-hybridized carbons (Fsp3) is 0.917. The number of hydrogen-bond acceptors (Lipinski definition) is 4. The smallest absolute Gasteiger partial charge is 0.222 e.